The maximum Gasteiger partial charge on any atom is 0.118 e. The van der Waals surface area contributed by atoms with E-state index in [-0.39, 0.29) is 6.04 Å². The molecule has 0 radical (unpaired) electrons. The second kappa shape index (κ2) is 6.63. The van der Waals surface area contributed by atoms with Crippen LogP contribution in [0.15, 0.2) is 42.5 Å². The molecule has 52 heavy (non-hydrogen) atoms. The van der Waals surface area contributed by atoms with E-state index in [9.17, 15) is 5.11 Å². The minimum atomic E-state index is 0.186. The Bertz CT molecular complexity index is 3790. The van der Waals surface area contributed by atoms with Crippen molar-refractivity contribution in [1.29, 1.82) is 0 Å². The van der Waals surface area contributed by atoms with Crippen LogP contribution in [-0.2, 0) is 6.54 Å². The number of benzene rings is 9. The average Bonchev–Trinajstić information content (AvgIpc) is 4.00. The van der Waals surface area contributed by atoms with Gasteiger partial charge in [0, 0.05) is 18.4 Å². The van der Waals surface area contributed by atoms with E-state index < -0.39 is 0 Å². The number of fused-ring (bicyclic) bond motifs is 8. The molecule has 0 saturated heterocycles. The number of aryl methyl sites for hydroxylation is 1. The van der Waals surface area contributed by atoms with E-state index in [1.54, 1.807) is 125 Å². The minimum absolute atomic E-state index is 0.186. The molecule has 5 atom stereocenters. The molecule has 240 valence electrons. The summed E-state index contributed by atoms with van der Waals surface area (Å²) in [7, 11) is 2.36. The van der Waals surface area contributed by atoms with E-state index in [1.807, 2.05) is 17.2 Å². The van der Waals surface area contributed by atoms with Crippen LogP contribution in [0.1, 0.15) is 111 Å². The highest BCUT2D eigenvalue weighted by molar-refractivity contribution is 6.63. The molecule has 12 aromatic carbocycles. The summed E-state index contributed by atoms with van der Waals surface area (Å²) in [6.07, 6.45) is 5.25. The predicted molar refractivity (Wildman–Crippen MR) is 214 cm³/mol. The van der Waals surface area contributed by atoms with Gasteiger partial charge < -0.3 is 5.11 Å². The third-order valence-electron chi connectivity index (χ3n) is 17.2. The second-order valence-corrected chi connectivity index (χ2v) is 18.5. The van der Waals surface area contributed by atoms with Crippen LogP contribution in [0.25, 0.3) is 108 Å². The third-order valence-corrected chi connectivity index (χ3v) is 17.2. The van der Waals surface area contributed by atoms with Crippen molar-refractivity contribution < 1.29 is 5.11 Å². The first-order valence-electron chi connectivity index (χ1n) is 19.9. The van der Waals surface area contributed by atoms with Gasteiger partial charge in [-0.1, -0.05) is 36.4 Å². The lowest BCUT2D eigenvalue weighted by Gasteiger charge is -2.34. The van der Waals surface area contributed by atoms with Gasteiger partial charge in [0.2, 0.25) is 0 Å². The SMILES string of the molecule is Cc1cc(C2c3c(c4c5ccc6c7ccc8c9c%10c%11c%12c%13c%14c%15c%16c(c3C%15CCC%14C%12CCC8%11)c4c3c5c6c(c79)c4c%10c%13c%16c34)CN2C)ccc1O. The van der Waals surface area contributed by atoms with Crippen molar-refractivity contribution in [2.24, 2.45) is 0 Å². The van der Waals surface area contributed by atoms with Crippen LogP contribution >= 0.6 is 0 Å². The first-order valence-corrected chi connectivity index (χ1v) is 19.9. The number of phenols is 1. The van der Waals surface area contributed by atoms with Crippen LogP contribution in [0.4, 0.5) is 0 Å². The van der Waals surface area contributed by atoms with Gasteiger partial charge in [-0.05, 0) is 221 Å². The molecule has 0 spiro atoms. The summed E-state index contributed by atoms with van der Waals surface area (Å²) < 4.78 is 0. The molecule has 12 aromatic rings. The van der Waals surface area contributed by atoms with Crippen molar-refractivity contribution in [3.05, 3.63) is 98.1 Å². The van der Waals surface area contributed by atoms with Crippen LogP contribution in [0, 0.1) is 6.92 Å². The molecule has 0 bridgehead atoms. The molecular formula is C50H29NO. The van der Waals surface area contributed by atoms with Gasteiger partial charge in [-0.15, -0.1) is 0 Å². The lowest BCUT2D eigenvalue weighted by molar-refractivity contribution is 0.303. The summed E-state index contributed by atoms with van der Waals surface area (Å²) in [5, 5.41) is 43.0. The molecule has 1 heterocycles. The Morgan fingerprint density at radius 1 is 0.500 bits per heavy atom. The van der Waals surface area contributed by atoms with Crippen molar-refractivity contribution in [2.75, 3.05) is 7.05 Å². The molecule has 0 saturated carbocycles. The van der Waals surface area contributed by atoms with Crippen molar-refractivity contribution >= 4 is 108 Å². The van der Waals surface area contributed by atoms with E-state index in [4.69, 9.17) is 0 Å². The molecule has 6 aliphatic rings. The Balaban J connectivity index is 1.22. The molecular weight excluding hydrogens is 631 g/mol. The number of hydrogen-bond acceptors (Lipinski definition) is 2. The summed E-state index contributed by atoms with van der Waals surface area (Å²) in [5.41, 5.74) is 16.0. The Hall–Kier alpha value is -5.18. The number of rotatable bonds is 1. The van der Waals surface area contributed by atoms with Crippen LogP contribution in [-0.4, -0.2) is 17.1 Å². The lowest BCUT2D eigenvalue weighted by Crippen LogP contribution is -2.20. The van der Waals surface area contributed by atoms with Gasteiger partial charge in [0.25, 0.3) is 0 Å². The largest absolute Gasteiger partial charge is 0.508 e. The third kappa shape index (κ3) is 1.85. The molecule has 0 amide bonds. The van der Waals surface area contributed by atoms with Gasteiger partial charge in [-0.25, -0.2) is 0 Å². The molecule has 2 nitrogen and oxygen atoms in total. The van der Waals surface area contributed by atoms with Gasteiger partial charge >= 0.3 is 0 Å². The summed E-state index contributed by atoms with van der Waals surface area (Å²) in [6.45, 7) is 3.03. The molecule has 18 rings (SSSR count). The first-order chi connectivity index (χ1) is 25.6. The highest BCUT2D eigenvalue weighted by Crippen LogP contribution is 2.74. The highest BCUT2D eigenvalue weighted by atomic mass is 16.3. The standard InChI is InChI=1S/C50H29NO/c1-15-13-16(3-12-26(15)52)50-37-25(14-51(50)2)27-23-10-8-21-19-6-4-17-18-5-7-20-22-9-11-24-35-33(22)41-31(20)29(18)39-28(17)30(19)40-32(21)34(23)42-38(27)44(36(24)37)43(35)49-47(41)45(39)46(40)48(42)49/h3-4,6,8,10,12-13,18,20,22,24,50,52H,5,7,9,11,14H2,1-2H3. The van der Waals surface area contributed by atoms with Crippen molar-refractivity contribution in [2.45, 2.75) is 68.9 Å². The van der Waals surface area contributed by atoms with Crippen LogP contribution in [0.5, 0.6) is 5.75 Å². The Morgan fingerprint density at radius 3 is 1.85 bits per heavy atom. The Labute approximate surface area is 296 Å². The molecule has 5 unspecified atom stereocenters. The van der Waals surface area contributed by atoms with E-state index in [0.717, 1.165) is 12.1 Å². The fourth-order valence-corrected chi connectivity index (χ4v) is 16.1. The summed E-state index contributed by atoms with van der Waals surface area (Å²) in [4.78, 5) is 2.63. The smallest absolute Gasteiger partial charge is 0.118 e. The number of aromatic hydroxyl groups is 1. The molecule has 2 heteroatoms. The average molecular weight is 660 g/mol. The van der Waals surface area contributed by atoms with Crippen molar-refractivity contribution in [3.63, 3.8) is 0 Å². The summed E-state index contributed by atoms with van der Waals surface area (Å²) in [6, 6.07) is 16.8. The summed E-state index contributed by atoms with van der Waals surface area (Å²) in [5.74, 6) is 2.80. The predicted octanol–water partition coefficient (Wildman–Crippen LogP) is 12.5. The van der Waals surface area contributed by atoms with Gasteiger partial charge in [0.05, 0.1) is 6.04 Å². The Morgan fingerprint density at radius 2 is 1.06 bits per heavy atom. The molecule has 0 aromatic heterocycles. The van der Waals surface area contributed by atoms with Gasteiger partial charge in [0.15, 0.2) is 0 Å². The van der Waals surface area contributed by atoms with E-state index in [1.165, 1.54) is 47.4 Å². The van der Waals surface area contributed by atoms with E-state index in [2.05, 4.69) is 55.3 Å². The zero-order valence-corrected chi connectivity index (χ0v) is 28.9. The second-order valence-electron chi connectivity index (χ2n) is 18.5. The van der Waals surface area contributed by atoms with Gasteiger partial charge in [0.1, 0.15) is 5.75 Å². The normalized spacial score (nSPS) is 25.7. The van der Waals surface area contributed by atoms with E-state index >= 15 is 0 Å². The first kappa shape index (κ1) is 24.1. The fourth-order valence-electron chi connectivity index (χ4n) is 16.1. The van der Waals surface area contributed by atoms with Crippen molar-refractivity contribution in [1.82, 2.24) is 4.90 Å². The zero-order chi connectivity index (χ0) is 32.8. The quantitative estimate of drug-likeness (QED) is 0.177. The van der Waals surface area contributed by atoms with Crippen LogP contribution in [0.3, 0.4) is 0 Å². The minimum Gasteiger partial charge on any atom is -0.508 e. The van der Waals surface area contributed by atoms with E-state index in [0.29, 0.717) is 29.4 Å². The fraction of sp³-hybridized carbons (Fsp3) is 0.240. The number of phenolic OH excluding ortho intramolecular Hbond substituents is 1. The molecule has 1 aliphatic heterocycles. The van der Waals surface area contributed by atoms with Crippen LogP contribution in [0.2, 0.25) is 0 Å². The van der Waals surface area contributed by atoms with Crippen LogP contribution < -0.4 is 0 Å². The lowest BCUT2D eigenvalue weighted by atomic mass is 9.69. The highest BCUT2D eigenvalue weighted by Gasteiger charge is 2.53. The number of hydrogen-bond donors (Lipinski definition) is 1. The topological polar surface area (TPSA) is 23.5 Å². The van der Waals surface area contributed by atoms with Gasteiger partial charge in [-0.2, -0.15) is 0 Å². The maximum atomic E-state index is 10.7. The molecule has 1 N–H and O–H groups in total. The monoisotopic (exact) mass is 659 g/mol. The Kier molecular flexibility index (Phi) is 3.08. The van der Waals surface area contributed by atoms with Crippen molar-refractivity contribution in [3.8, 4) is 5.75 Å². The van der Waals surface area contributed by atoms with Gasteiger partial charge in [-0.3, -0.25) is 4.90 Å². The molecule has 5 aliphatic carbocycles. The summed E-state index contributed by atoms with van der Waals surface area (Å²) >= 11 is 0. The zero-order valence-electron chi connectivity index (χ0n) is 28.9. The molecule has 0 fully saturated rings. The maximum absolute atomic E-state index is 10.7. The number of nitrogens with zero attached hydrogens (tertiary/aromatic N) is 1.